The van der Waals surface area contributed by atoms with Gasteiger partial charge in [0.2, 0.25) is 0 Å². The molecule has 0 aliphatic heterocycles. The second kappa shape index (κ2) is 12.5. The van der Waals surface area contributed by atoms with Gasteiger partial charge in [0, 0.05) is 22.1 Å². The number of hydrogen-bond acceptors (Lipinski definition) is 2. The molecule has 0 fully saturated rings. The van der Waals surface area contributed by atoms with E-state index in [-0.39, 0.29) is 5.41 Å². The molecule has 0 saturated heterocycles. The molecule has 0 atom stereocenters. The van der Waals surface area contributed by atoms with E-state index in [9.17, 15) is 0 Å². The molecule has 0 saturated carbocycles. The summed E-state index contributed by atoms with van der Waals surface area (Å²) in [6.07, 6.45) is 0. The van der Waals surface area contributed by atoms with Crippen molar-refractivity contribution in [2.45, 2.75) is 19.3 Å². The zero-order valence-electron chi connectivity index (χ0n) is 28.7. The molecule has 9 rings (SSSR count). The van der Waals surface area contributed by atoms with Crippen LogP contribution in [0.1, 0.15) is 25.0 Å². The summed E-state index contributed by atoms with van der Waals surface area (Å²) in [5.74, 6) is 0.705. The zero-order chi connectivity index (χ0) is 34.4. The van der Waals surface area contributed by atoms with Gasteiger partial charge in [0.15, 0.2) is 5.82 Å². The van der Waals surface area contributed by atoms with E-state index < -0.39 is 0 Å². The molecule has 0 amide bonds. The zero-order valence-corrected chi connectivity index (χ0v) is 28.7. The molecule has 1 aromatic heterocycles. The molecule has 7 aromatic carbocycles. The van der Waals surface area contributed by atoms with Crippen molar-refractivity contribution in [2.24, 2.45) is 0 Å². The average Bonchev–Trinajstić information content (AvgIpc) is 3.44. The highest BCUT2D eigenvalue weighted by Crippen LogP contribution is 2.49. The molecule has 0 bridgehead atoms. The third-order valence-electron chi connectivity index (χ3n) is 10.3. The minimum atomic E-state index is 0.0105. The van der Waals surface area contributed by atoms with Gasteiger partial charge in [-0.25, -0.2) is 9.97 Å². The van der Waals surface area contributed by atoms with Crippen LogP contribution >= 0.6 is 0 Å². The Hall–Kier alpha value is -6.38. The first-order valence-electron chi connectivity index (χ1n) is 17.6. The standard InChI is InChI=1S/C49H36N2/c1-49(2)44-22-10-9-21-42(44)43-31-39(27-28-45(43)49)35-25-23-34(24-26-35)38-18-12-20-41(30-38)48-50-46(36-15-7-4-8-16-36)32-47(51-48)40-19-11-17-37(29-40)33-13-5-3-6-14-33/h3-32H,1-2H3. The van der Waals surface area contributed by atoms with Crippen molar-refractivity contribution < 1.29 is 0 Å². The lowest BCUT2D eigenvalue weighted by Crippen LogP contribution is -2.14. The van der Waals surface area contributed by atoms with Crippen LogP contribution in [0.5, 0.6) is 0 Å². The number of nitrogens with zero attached hydrogens (tertiary/aromatic N) is 2. The third kappa shape index (κ3) is 5.65. The Balaban J connectivity index is 1.07. The first-order chi connectivity index (χ1) is 25.0. The van der Waals surface area contributed by atoms with Crippen molar-refractivity contribution in [1.82, 2.24) is 9.97 Å². The average molecular weight is 653 g/mol. The smallest absolute Gasteiger partial charge is 0.160 e. The monoisotopic (exact) mass is 652 g/mol. The van der Waals surface area contributed by atoms with Crippen LogP contribution < -0.4 is 0 Å². The molecule has 51 heavy (non-hydrogen) atoms. The molecule has 0 spiro atoms. The summed E-state index contributed by atoms with van der Waals surface area (Å²) in [5.41, 5.74) is 17.5. The van der Waals surface area contributed by atoms with Gasteiger partial charge in [0.05, 0.1) is 11.4 Å². The minimum Gasteiger partial charge on any atom is -0.228 e. The molecular formula is C49H36N2. The molecule has 2 nitrogen and oxygen atoms in total. The second-order valence-corrected chi connectivity index (χ2v) is 13.9. The summed E-state index contributed by atoms with van der Waals surface area (Å²) < 4.78 is 0. The quantitative estimate of drug-likeness (QED) is 0.179. The van der Waals surface area contributed by atoms with Gasteiger partial charge in [0.25, 0.3) is 0 Å². The van der Waals surface area contributed by atoms with Crippen molar-refractivity contribution in [1.29, 1.82) is 0 Å². The molecule has 0 unspecified atom stereocenters. The second-order valence-electron chi connectivity index (χ2n) is 13.9. The Morgan fingerprint density at radius 3 is 1.45 bits per heavy atom. The third-order valence-corrected chi connectivity index (χ3v) is 10.3. The van der Waals surface area contributed by atoms with Crippen LogP contribution in [-0.2, 0) is 5.41 Å². The fraction of sp³-hybridized carbons (Fsp3) is 0.0612. The fourth-order valence-electron chi connectivity index (χ4n) is 7.56. The van der Waals surface area contributed by atoms with Crippen LogP contribution in [0.3, 0.4) is 0 Å². The molecule has 2 heteroatoms. The van der Waals surface area contributed by atoms with Gasteiger partial charge in [-0.05, 0) is 79.9 Å². The van der Waals surface area contributed by atoms with Crippen molar-refractivity contribution >= 4 is 0 Å². The van der Waals surface area contributed by atoms with Crippen molar-refractivity contribution in [3.8, 4) is 78.4 Å². The van der Waals surface area contributed by atoms with Crippen LogP contribution in [0.4, 0.5) is 0 Å². The van der Waals surface area contributed by atoms with Crippen molar-refractivity contribution in [2.75, 3.05) is 0 Å². The number of rotatable bonds is 6. The van der Waals surface area contributed by atoms with Gasteiger partial charge in [0.1, 0.15) is 0 Å². The predicted octanol–water partition coefficient (Wildman–Crippen LogP) is 12.8. The molecule has 242 valence electrons. The highest BCUT2D eigenvalue weighted by molar-refractivity contribution is 5.85. The van der Waals surface area contributed by atoms with Crippen LogP contribution in [0, 0.1) is 0 Å². The molecule has 1 heterocycles. The number of benzene rings is 7. The summed E-state index contributed by atoms with van der Waals surface area (Å²) in [5, 5.41) is 0. The Bertz CT molecular complexity index is 2530. The van der Waals surface area contributed by atoms with Gasteiger partial charge in [-0.1, -0.05) is 172 Å². The van der Waals surface area contributed by atoms with E-state index in [1.54, 1.807) is 0 Å². The maximum absolute atomic E-state index is 5.17. The Kier molecular flexibility index (Phi) is 7.51. The van der Waals surface area contributed by atoms with Crippen molar-refractivity contribution in [3.05, 3.63) is 193 Å². The summed E-state index contributed by atoms with van der Waals surface area (Å²) in [6, 6.07) is 64.8. The van der Waals surface area contributed by atoms with Crippen LogP contribution in [0.15, 0.2) is 182 Å². The number of fused-ring (bicyclic) bond motifs is 3. The van der Waals surface area contributed by atoms with E-state index in [1.165, 1.54) is 38.9 Å². The predicted molar refractivity (Wildman–Crippen MR) is 212 cm³/mol. The summed E-state index contributed by atoms with van der Waals surface area (Å²) in [6.45, 7) is 4.65. The van der Waals surface area contributed by atoms with Gasteiger partial charge < -0.3 is 0 Å². The minimum absolute atomic E-state index is 0.0105. The highest BCUT2D eigenvalue weighted by atomic mass is 14.9. The SMILES string of the molecule is CC1(C)c2ccccc2-c2cc(-c3ccc(-c4cccc(-c5nc(-c6ccccc6)cc(-c6cccc(-c7ccccc7)c6)n5)c4)cc3)ccc21. The number of hydrogen-bond donors (Lipinski definition) is 0. The topological polar surface area (TPSA) is 25.8 Å². The molecule has 1 aliphatic rings. The maximum atomic E-state index is 5.17. The van der Waals surface area contributed by atoms with Crippen LogP contribution in [-0.4, -0.2) is 9.97 Å². The van der Waals surface area contributed by atoms with E-state index in [1.807, 2.05) is 12.1 Å². The van der Waals surface area contributed by atoms with Crippen LogP contribution in [0.2, 0.25) is 0 Å². The van der Waals surface area contributed by atoms with Gasteiger partial charge in [-0.3, -0.25) is 0 Å². The first kappa shape index (κ1) is 30.7. The van der Waals surface area contributed by atoms with E-state index in [4.69, 9.17) is 9.97 Å². The molecule has 0 radical (unpaired) electrons. The normalized spacial score (nSPS) is 12.7. The molecular weight excluding hydrogens is 617 g/mol. The van der Waals surface area contributed by atoms with E-state index in [2.05, 4.69) is 184 Å². The molecule has 8 aromatic rings. The molecule has 1 aliphatic carbocycles. The summed E-state index contributed by atoms with van der Waals surface area (Å²) >= 11 is 0. The Morgan fingerprint density at radius 2 is 0.765 bits per heavy atom. The lowest BCUT2D eigenvalue weighted by Gasteiger charge is -2.21. The lowest BCUT2D eigenvalue weighted by molar-refractivity contribution is 0.660. The highest BCUT2D eigenvalue weighted by Gasteiger charge is 2.35. The van der Waals surface area contributed by atoms with E-state index >= 15 is 0 Å². The summed E-state index contributed by atoms with van der Waals surface area (Å²) in [4.78, 5) is 10.3. The maximum Gasteiger partial charge on any atom is 0.160 e. The van der Waals surface area contributed by atoms with E-state index in [0.29, 0.717) is 5.82 Å². The van der Waals surface area contributed by atoms with Gasteiger partial charge in [-0.15, -0.1) is 0 Å². The van der Waals surface area contributed by atoms with Gasteiger partial charge >= 0.3 is 0 Å². The Morgan fingerprint density at radius 1 is 0.314 bits per heavy atom. The van der Waals surface area contributed by atoms with E-state index in [0.717, 1.165) is 44.8 Å². The molecule has 0 N–H and O–H groups in total. The lowest BCUT2D eigenvalue weighted by atomic mass is 9.82. The Labute approximate surface area is 299 Å². The van der Waals surface area contributed by atoms with Gasteiger partial charge in [-0.2, -0.15) is 0 Å². The van der Waals surface area contributed by atoms with Crippen molar-refractivity contribution in [3.63, 3.8) is 0 Å². The van der Waals surface area contributed by atoms with Crippen LogP contribution in [0.25, 0.3) is 78.4 Å². The fourth-order valence-corrected chi connectivity index (χ4v) is 7.56. The summed E-state index contributed by atoms with van der Waals surface area (Å²) in [7, 11) is 0. The first-order valence-corrected chi connectivity index (χ1v) is 17.6. The largest absolute Gasteiger partial charge is 0.228 e. The number of aromatic nitrogens is 2.